The third-order valence-electron chi connectivity index (χ3n) is 2.26. The Morgan fingerprint density at radius 3 is 2.50 bits per heavy atom. The largest absolute Gasteiger partial charge is 0.479 e. The first-order chi connectivity index (χ1) is 7.70. The van der Waals surface area contributed by atoms with E-state index in [0.29, 0.717) is 4.88 Å². The lowest BCUT2D eigenvalue weighted by Crippen LogP contribution is -2.09. The van der Waals surface area contributed by atoms with Crippen LogP contribution >= 0.6 is 11.3 Å². The van der Waals surface area contributed by atoms with Gasteiger partial charge in [-0.25, -0.2) is 4.79 Å². The zero-order valence-electron chi connectivity index (χ0n) is 8.33. The highest BCUT2D eigenvalue weighted by Crippen LogP contribution is 2.32. The number of hydrogen-bond acceptors (Lipinski definition) is 3. The van der Waals surface area contributed by atoms with E-state index in [-0.39, 0.29) is 0 Å². The van der Waals surface area contributed by atoms with Gasteiger partial charge in [0, 0.05) is 0 Å². The molecule has 2 aromatic rings. The molecule has 0 saturated carbocycles. The van der Waals surface area contributed by atoms with E-state index in [9.17, 15) is 9.90 Å². The Morgan fingerprint density at radius 2 is 1.88 bits per heavy atom. The molecule has 1 unspecified atom stereocenters. The van der Waals surface area contributed by atoms with Gasteiger partial charge in [-0.3, -0.25) is 0 Å². The molecule has 0 fully saturated rings. The smallest absolute Gasteiger partial charge is 0.338 e. The highest BCUT2D eigenvalue weighted by Gasteiger charge is 2.21. The van der Waals surface area contributed by atoms with E-state index >= 15 is 0 Å². The molecule has 1 heterocycles. The van der Waals surface area contributed by atoms with Crippen molar-refractivity contribution in [2.24, 2.45) is 0 Å². The fourth-order valence-corrected chi connectivity index (χ4v) is 2.39. The first kappa shape index (κ1) is 10.9. The monoisotopic (exact) mass is 234 g/mol. The van der Waals surface area contributed by atoms with Crippen LogP contribution in [-0.2, 0) is 4.79 Å². The Hall–Kier alpha value is -1.65. The molecule has 0 bridgehead atoms. The molecule has 2 N–H and O–H groups in total. The molecule has 1 aromatic carbocycles. The van der Waals surface area contributed by atoms with Gasteiger partial charge < -0.3 is 10.2 Å². The standard InChI is InChI=1S/C12H10O3S/c13-10(12(14)15)11-9(6-7-16-11)8-4-2-1-3-5-8/h1-7,10,13H,(H,14,15). The lowest BCUT2D eigenvalue weighted by atomic mass is 10.0. The quantitative estimate of drug-likeness (QED) is 0.858. The van der Waals surface area contributed by atoms with Crippen molar-refractivity contribution in [2.45, 2.75) is 6.10 Å². The van der Waals surface area contributed by atoms with E-state index in [2.05, 4.69) is 0 Å². The molecule has 0 aliphatic carbocycles. The first-order valence-corrected chi connectivity index (χ1v) is 5.62. The number of carboxylic acids is 1. The van der Waals surface area contributed by atoms with Crippen LogP contribution in [-0.4, -0.2) is 16.2 Å². The van der Waals surface area contributed by atoms with Crippen molar-refractivity contribution in [1.82, 2.24) is 0 Å². The average molecular weight is 234 g/mol. The van der Waals surface area contributed by atoms with Gasteiger partial charge in [-0.2, -0.15) is 0 Å². The van der Waals surface area contributed by atoms with E-state index in [0.717, 1.165) is 11.1 Å². The number of hydrogen-bond donors (Lipinski definition) is 2. The molecule has 0 aliphatic rings. The second-order valence-corrected chi connectivity index (χ2v) is 4.25. The van der Waals surface area contributed by atoms with E-state index in [1.807, 2.05) is 36.4 Å². The van der Waals surface area contributed by atoms with Crippen molar-refractivity contribution < 1.29 is 15.0 Å². The van der Waals surface area contributed by atoms with Crippen LogP contribution in [0.5, 0.6) is 0 Å². The summed E-state index contributed by atoms with van der Waals surface area (Å²) in [5.41, 5.74) is 1.69. The summed E-state index contributed by atoms with van der Waals surface area (Å²) in [6, 6.07) is 11.2. The van der Waals surface area contributed by atoms with Crippen molar-refractivity contribution >= 4 is 17.3 Å². The number of aliphatic hydroxyl groups is 1. The SMILES string of the molecule is O=C(O)C(O)c1sccc1-c1ccccc1. The van der Waals surface area contributed by atoms with E-state index in [1.165, 1.54) is 11.3 Å². The molecule has 16 heavy (non-hydrogen) atoms. The molecule has 0 spiro atoms. The predicted octanol–water partition coefficient (Wildman–Crippen LogP) is 2.53. The molecule has 4 heteroatoms. The summed E-state index contributed by atoms with van der Waals surface area (Å²) in [4.78, 5) is 11.2. The average Bonchev–Trinajstić information content (AvgIpc) is 2.77. The van der Waals surface area contributed by atoms with Crippen LogP contribution in [0.3, 0.4) is 0 Å². The van der Waals surface area contributed by atoms with Gasteiger partial charge in [0.25, 0.3) is 0 Å². The Bertz CT molecular complexity index is 490. The van der Waals surface area contributed by atoms with Crippen LogP contribution in [0.15, 0.2) is 41.8 Å². The third kappa shape index (κ3) is 1.98. The first-order valence-electron chi connectivity index (χ1n) is 4.74. The van der Waals surface area contributed by atoms with Crippen molar-refractivity contribution in [3.8, 4) is 11.1 Å². The van der Waals surface area contributed by atoms with Crippen LogP contribution < -0.4 is 0 Å². The minimum absolute atomic E-state index is 0.471. The summed E-state index contributed by atoms with van der Waals surface area (Å²) in [5.74, 6) is -1.22. The normalized spacial score (nSPS) is 12.3. The summed E-state index contributed by atoms with van der Waals surface area (Å²) < 4.78 is 0. The van der Waals surface area contributed by atoms with E-state index in [1.54, 1.807) is 5.38 Å². The van der Waals surface area contributed by atoms with Crippen LogP contribution in [0.1, 0.15) is 11.0 Å². The molecule has 0 radical (unpaired) electrons. The molecular formula is C12H10O3S. The van der Waals surface area contributed by atoms with Gasteiger partial charge in [-0.1, -0.05) is 30.3 Å². The number of benzene rings is 1. The van der Waals surface area contributed by atoms with Crippen molar-refractivity contribution in [3.63, 3.8) is 0 Å². The summed E-state index contributed by atoms with van der Waals surface area (Å²) in [7, 11) is 0. The molecule has 82 valence electrons. The van der Waals surface area contributed by atoms with E-state index < -0.39 is 12.1 Å². The molecule has 2 rings (SSSR count). The van der Waals surface area contributed by atoms with Gasteiger partial charge in [0.1, 0.15) is 0 Å². The van der Waals surface area contributed by atoms with Gasteiger partial charge in [-0.15, -0.1) is 11.3 Å². The Labute approximate surface area is 96.6 Å². The number of aliphatic hydroxyl groups excluding tert-OH is 1. The van der Waals surface area contributed by atoms with Crippen LogP contribution in [0, 0.1) is 0 Å². The topological polar surface area (TPSA) is 57.5 Å². The van der Waals surface area contributed by atoms with Crippen LogP contribution in [0.25, 0.3) is 11.1 Å². The Morgan fingerprint density at radius 1 is 1.19 bits per heavy atom. The molecule has 0 amide bonds. The Kier molecular flexibility index (Phi) is 3.03. The molecule has 3 nitrogen and oxygen atoms in total. The fraction of sp³-hybridized carbons (Fsp3) is 0.0833. The molecule has 1 atom stereocenters. The third-order valence-corrected chi connectivity index (χ3v) is 3.23. The second kappa shape index (κ2) is 4.47. The van der Waals surface area contributed by atoms with Gasteiger partial charge in [0.15, 0.2) is 6.10 Å². The zero-order chi connectivity index (χ0) is 11.5. The minimum atomic E-state index is -1.45. The molecule has 0 aliphatic heterocycles. The summed E-state index contributed by atoms with van der Waals surface area (Å²) in [6.07, 6.45) is -1.45. The zero-order valence-corrected chi connectivity index (χ0v) is 9.15. The van der Waals surface area contributed by atoms with Gasteiger partial charge in [0.05, 0.1) is 4.88 Å². The van der Waals surface area contributed by atoms with Crippen LogP contribution in [0.4, 0.5) is 0 Å². The number of thiophene rings is 1. The molecular weight excluding hydrogens is 224 g/mol. The van der Waals surface area contributed by atoms with Gasteiger partial charge in [0.2, 0.25) is 0 Å². The lowest BCUT2D eigenvalue weighted by molar-refractivity contribution is -0.146. The predicted molar refractivity (Wildman–Crippen MR) is 62.4 cm³/mol. The maximum absolute atomic E-state index is 10.7. The molecule has 1 aromatic heterocycles. The minimum Gasteiger partial charge on any atom is -0.479 e. The summed E-state index contributed by atoms with van der Waals surface area (Å²) in [5, 5.41) is 20.1. The number of carboxylic acid groups (broad SMARTS) is 1. The van der Waals surface area contributed by atoms with Crippen molar-refractivity contribution in [2.75, 3.05) is 0 Å². The van der Waals surface area contributed by atoms with Crippen molar-refractivity contribution in [3.05, 3.63) is 46.7 Å². The number of carbonyl (C=O) groups is 1. The van der Waals surface area contributed by atoms with Gasteiger partial charge in [-0.05, 0) is 22.6 Å². The number of rotatable bonds is 3. The van der Waals surface area contributed by atoms with Gasteiger partial charge >= 0.3 is 5.97 Å². The lowest BCUT2D eigenvalue weighted by Gasteiger charge is -2.06. The molecule has 0 saturated heterocycles. The van der Waals surface area contributed by atoms with Crippen molar-refractivity contribution in [1.29, 1.82) is 0 Å². The maximum atomic E-state index is 10.7. The highest BCUT2D eigenvalue weighted by atomic mass is 32.1. The summed E-state index contributed by atoms with van der Waals surface area (Å²) >= 11 is 1.25. The fourth-order valence-electron chi connectivity index (χ4n) is 1.50. The highest BCUT2D eigenvalue weighted by molar-refractivity contribution is 7.10. The second-order valence-electron chi connectivity index (χ2n) is 3.31. The van der Waals surface area contributed by atoms with E-state index in [4.69, 9.17) is 5.11 Å². The summed E-state index contributed by atoms with van der Waals surface area (Å²) in [6.45, 7) is 0. The van der Waals surface area contributed by atoms with Crippen LogP contribution in [0.2, 0.25) is 0 Å². The Balaban J connectivity index is 2.44. The number of aliphatic carboxylic acids is 1. The maximum Gasteiger partial charge on any atom is 0.338 e.